The molecular weight excluding hydrogens is 414 g/mol. The predicted octanol–water partition coefficient (Wildman–Crippen LogP) is 6.70. The molecule has 2 heterocycles. The molecule has 5 aromatic rings. The first kappa shape index (κ1) is 20.3. The van der Waals surface area contributed by atoms with E-state index < -0.39 is 0 Å². The number of methoxy groups -OCH3 is 1. The van der Waals surface area contributed by atoms with Gasteiger partial charge in [-0.1, -0.05) is 54.6 Å². The third-order valence-electron chi connectivity index (χ3n) is 5.61. The lowest BCUT2D eigenvalue weighted by Crippen LogP contribution is -1.95. The molecule has 32 heavy (non-hydrogen) atoms. The summed E-state index contributed by atoms with van der Waals surface area (Å²) in [6, 6.07) is 27.0. The fourth-order valence-electron chi connectivity index (χ4n) is 3.84. The number of benzene rings is 3. The standard InChI is InChI=1S/C27H23N3OS/c1-19-8-6-7-11-21(19)17-32-27-25-24(20-9-4-3-5-10-20)16-30(26(25)28-18-29-27)22-12-14-23(31-2)15-13-22/h3-16,18H,17H2,1-2H3. The van der Waals surface area contributed by atoms with Crippen LogP contribution in [0.5, 0.6) is 5.75 Å². The van der Waals surface area contributed by atoms with Crippen molar-refractivity contribution in [1.82, 2.24) is 14.5 Å². The summed E-state index contributed by atoms with van der Waals surface area (Å²) in [7, 11) is 1.68. The van der Waals surface area contributed by atoms with E-state index in [1.54, 1.807) is 25.2 Å². The molecule has 0 radical (unpaired) electrons. The Bertz CT molecular complexity index is 1360. The van der Waals surface area contributed by atoms with E-state index in [4.69, 9.17) is 9.72 Å². The molecule has 0 saturated carbocycles. The third-order valence-corrected chi connectivity index (χ3v) is 6.65. The Morgan fingerprint density at radius 3 is 2.38 bits per heavy atom. The Labute approximate surface area is 191 Å². The van der Waals surface area contributed by atoms with Gasteiger partial charge in [0.25, 0.3) is 0 Å². The number of thioether (sulfide) groups is 1. The molecule has 0 atom stereocenters. The summed E-state index contributed by atoms with van der Waals surface area (Å²) in [4.78, 5) is 9.38. The minimum atomic E-state index is 0.831. The highest BCUT2D eigenvalue weighted by atomic mass is 32.2. The first-order valence-corrected chi connectivity index (χ1v) is 11.5. The summed E-state index contributed by atoms with van der Waals surface area (Å²) in [5, 5.41) is 2.07. The van der Waals surface area contributed by atoms with Crippen molar-refractivity contribution >= 4 is 22.8 Å². The quantitative estimate of drug-likeness (QED) is 0.219. The summed E-state index contributed by atoms with van der Waals surface area (Å²) in [6.45, 7) is 2.15. The molecule has 158 valence electrons. The number of ether oxygens (including phenoxy) is 1. The second kappa shape index (κ2) is 8.89. The number of hydrogen-bond donors (Lipinski definition) is 0. The van der Waals surface area contributed by atoms with Gasteiger partial charge in [0.05, 0.1) is 12.5 Å². The van der Waals surface area contributed by atoms with Gasteiger partial charge in [0.1, 0.15) is 22.7 Å². The van der Waals surface area contributed by atoms with E-state index in [1.165, 1.54) is 11.1 Å². The average molecular weight is 438 g/mol. The molecule has 4 nitrogen and oxygen atoms in total. The monoisotopic (exact) mass is 437 g/mol. The fourth-order valence-corrected chi connectivity index (χ4v) is 4.92. The van der Waals surface area contributed by atoms with Crippen LogP contribution in [-0.4, -0.2) is 21.6 Å². The van der Waals surface area contributed by atoms with Gasteiger partial charge in [0.15, 0.2) is 0 Å². The minimum absolute atomic E-state index is 0.831. The number of aryl methyl sites for hydroxylation is 1. The van der Waals surface area contributed by atoms with Crippen molar-refractivity contribution in [2.24, 2.45) is 0 Å². The Balaban J connectivity index is 1.65. The molecule has 0 aliphatic rings. The molecule has 0 unspecified atom stereocenters. The maximum absolute atomic E-state index is 5.33. The Morgan fingerprint density at radius 2 is 1.62 bits per heavy atom. The molecule has 0 amide bonds. The van der Waals surface area contributed by atoms with E-state index in [1.807, 2.05) is 18.2 Å². The summed E-state index contributed by atoms with van der Waals surface area (Å²) in [6.07, 6.45) is 3.83. The van der Waals surface area contributed by atoms with Crippen LogP contribution in [0, 0.1) is 6.92 Å². The Morgan fingerprint density at radius 1 is 0.875 bits per heavy atom. The molecule has 0 aliphatic heterocycles. The number of hydrogen-bond acceptors (Lipinski definition) is 4. The van der Waals surface area contributed by atoms with Crippen molar-refractivity contribution in [2.45, 2.75) is 17.7 Å². The van der Waals surface area contributed by atoms with E-state index in [0.717, 1.165) is 44.4 Å². The first-order valence-electron chi connectivity index (χ1n) is 10.5. The Kier molecular flexibility index (Phi) is 5.65. The van der Waals surface area contributed by atoms with Crippen molar-refractivity contribution in [3.8, 4) is 22.6 Å². The van der Waals surface area contributed by atoms with E-state index >= 15 is 0 Å². The van der Waals surface area contributed by atoms with Crippen molar-refractivity contribution in [1.29, 1.82) is 0 Å². The van der Waals surface area contributed by atoms with Gasteiger partial charge in [0.2, 0.25) is 0 Å². The zero-order chi connectivity index (χ0) is 21.9. The highest BCUT2D eigenvalue weighted by Gasteiger charge is 2.18. The molecule has 0 aliphatic carbocycles. The van der Waals surface area contributed by atoms with Crippen LogP contribution in [-0.2, 0) is 5.75 Å². The molecule has 3 aromatic carbocycles. The fraction of sp³-hybridized carbons (Fsp3) is 0.111. The maximum Gasteiger partial charge on any atom is 0.149 e. The van der Waals surface area contributed by atoms with Crippen LogP contribution in [0.15, 0.2) is 96.4 Å². The van der Waals surface area contributed by atoms with Crippen LogP contribution in [0.4, 0.5) is 0 Å². The number of nitrogens with zero attached hydrogens (tertiary/aromatic N) is 3. The molecule has 0 fully saturated rings. The summed E-state index contributed by atoms with van der Waals surface area (Å²) >= 11 is 1.76. The number of fused-ring (bicyclic) bond motifs is 1. The smallest absolute Gasteiger partial charge is 0.149 e. The second-order valence-corrected chi connectivity index (χ2v) is 8.53. The van der Waals surface area contributed by atoms with Gasteiger partial charge in [-0.3, -0.25) is 0 Å². The van der Waals surface area contributed by atoms with Gasteiger partial charge in [-0.25, -0.2) is 9.97 Å². The maximum atomic E-state index is 5.33. The number of rotatable bonds is 6. The third kappa shape index (κ3) is 3.87. The van der Waals surface area contributed by atoms with Crippen LogP contribution in [0.3, 0.4) is 0 Å². The molecule has 5 heteroatoms. The summed E-state index contributed by atoms with van der Waals surface area (Å²) in [5.41, 5.74) is 6.83. The van der Waals surface area contributed by atoms with E-state index in [-0.39, 0.29) is 0 Å². The minimum Gasteiger partial charge on any atom is -0.497 e. The van der Waals surface area contributed by atoms with Crippen LogP contribution in [0.25, 0.3) is 27.8 Å². The predicted molar refractivity (Wildman–Crippen MR) is 132 cm³/mol. The van der Waals surface area contributed by atoms with Crippen molar-refractivity contribution in [2.75, 3.05) is 7.11 Å². The van der Waals surface area contributed by atoms with Gasteiger partial charge in [-0.15, -0.1) is 11.8 Å². The Hall–Kier alpha value is -3.57. The zero-order valence-corrected chi connectivity index (χ0v) is 18.8. The summed E-state index contributed by atoms with van der Waals surface area (Å²) in [5.74, 6) is 1.69. The van der Waals surface area contributed by atoms with Crippen molar-refractivity contribution in [3.05, 3.63) is 103 Å². The SMILES string of the molecule is COc1ccc(-n2cc(-c3ccccc3)c3c(SCc4ccccc4C)ncnc32)cc1. The van der Waals surface area contributed by atoms with Crippen molar-refractivity contribution in [3.63, 3.8) is 0 Å². The molecular formula is C27H23N3OS. The molecule has 0 N–H and O–H groups in total. The van der Waals surface area contributed by atoms with Gasteiger partial charge >= 0.3 is 0 Å². The van der Waals surface area contributed by atoms with Crippen LogP contribution < -0.4 is 4.74 Å². The lowest BCUT2D eigenvalue weighted by molar-refractivity contribution is 0.415. The van der Waals surface area contributed by atoms with Crippen LogP contribution >= 0.6 is 11.8 Å². The highest BCUT2D eigenvalue weighted by Crippen LogP contribution is 2.38. The topological polar surface area (TPSA) is 39.9 Å². The normalized spacial score (nSPS) is 11.1. The van der Waals surface area contributed by atoms with E-state index in [9.17, 15) is 0 Å². The van der Waals surface area contributed by atoms with Crippen LogP contribution in [0.2, 0.25) is 0 Å². The zero-order valence-electron chi connectivity index (χ0n) is 18.0. The van der Waals surface area contributed by atoms with Gasteiger partial charge in [-0.2, -0.15) is 0 Å². The van der Waals surface area contributed by atoms with Gasteiger partial charge in [0, 0.05) is 23.2 Å². The summed E-state index contributed by atoms with van der Waals surface area (Å²) < 4.78 is 7.47. The largest absolute Gasteiger partial charge is 0.497 e. The average Bonchev–Trinajstić information content (AvgIpc) is 3.24. The lowest BCUT2D eigenvalue weighted by Gasteiger charge is -2.08. The molecule has 5 rings (SSSR count). The number of aromatic nitrogens is 3. The van der Waals surface area contributed by atoms with Gasteiger partial charge < -0.3 is 9.30 Å². The first-order chi connectivity index (χ1) is 15.7. The second-order valence-electron chi connectivity index (χ2n) is 7.57. The van der Waals surface area contributed by atoms with Crippen LogP contribution in [0.1, 0.15) is 11.1 Å². The molecule has 0 spiro atoms. The van der Waals surface area contributed by atoms with E-state index in [2.05, 4.69) is 83.3 Å². The van der Waals surface area contributed by atoms with Crippen molar-refractivity contribution < 1.29 is 4.74 Å². The van der Waals surface area contributed by atoms with Gasteiger partial charge in [-0.05, 0) is 47.9 Å². The molecule has 0 saturated heterocycles. The molecule has 2 aromatic heterocycles. The molecule has 0 bridgehead atoms. The van der Waals surface area contributed by atoms with E-state index in [0.29, 0.717) is 0 Å². The lowest BCUT2D eigenvalue weighted by atomic mass is 10.1. The highest BCUT2D eigenvalue weighted by molar-refractivity contribution is 7.98.